The van der Waals surface area contributed by atoms with Crippen molar-refractivity contribution in [3.8, 4) is 0 Å². The first-order valence-electron chi connectivity index (χ1n) is 9.78. The molecule has 5 heteroatoms. The molecule has 1 amide bonds. The van der Waals surface area contributed by atoms with Crippen molar-refractivity contribution in [3.63, 3.8) is 0 Å². The molecule has 0 unspecified atom stereocenters. The first-order valence-corrected chi connectivity index (χ1v) is 9.78. The number of aromatic nitrogens is 2. The second kappa shape index (κ2) is 7.56. The highest BCUT2D eigenvalue weighted by molar-refractivity contribution is 5.97. The number of fused-ring (bicyclic) bond motifs is 1. The summed E-state index contributed by atoms with van der Waals surface area (Å²) in [5.74, 6) is 0.0421. The molecule has 4 rings (SSSR count). The summed E-state index contributed by atoms with van der Waals surface area (Å²) >= 11 is 0. The van der Waals surface area contributed by atoms with Crippen LogP contribution >= 0.6 is 0 Å². The molecule has 1 aromatic heterocycles. The molecular formula is C20H28N4O. The molecule has 0 spiro atoms. The van der Waals surface area contributed by atoms with E-state index in [1.807, 2.05) is 24.5 Å². The average molecular weight is 340 g/mol. The van der Waals surface area contributed by atoms with E-state index < -0.39 is 0 Å². The molecule has 1 aliphatic heterocycles. The molecule has 25 heavy (non-hydrogen) atoms. The van der Waals surface area contributed by atoms with Gasteiger partial charge < -0.3 is 14.8 Å². The molecule has 2 heterocycles. The first kappa shape index (κ1) is 16.6. The summed E-state index contributed by atoms with van der Waals surface area (Å²) < 4.78 is 2.20. The smallest absolute Gasteiger partial charge is 0.251 e. The van der Waals surface area contributed by atoms with Gasteiger partial charge in [0.1, 0.15) is 0 Å². The number of nitrogens with zero attached hydrogens (tertiary/aromatic N) is 3. The van der Waals surface area contributed by atoms with E-state index in [9.17, 15) is 4.79 Å². The fourth-order valence-corrected chi connectivity index (χ4v) is 4.15. The highest BCUT2D eigenvalue weighted by atomic mass is 16.1. The number of likely N-dealkylation sites (tertiary alicyclic amines) is 1. The molecule has 1 saturated carbocycles. The van der Waals surface area contributed by atoms with Gasteiger partial charge in [-0.1, -0.05) is 19.3 Å². The Morgan fingerprint density at radius 2 is 1.88 bits per heavy atom. The number of hydrogen-bond acceptors (Lipinski definition) is 3. The van der Waals surface area contributed by atoms with Crippen molar-refractivity contribution < 1.29 is 4.79 Å². The van der Waals surface area contributed by atoms with Gasteiger partial charge in [-0.3, -0.25) is 4.79 Å². The van der Waals surface area contributed by atoms with Gasteiger partial charge in [0, 0.05) is 24.7 Å². The number of imidazole rings is 1. The van der Waals surface area contributed by atoms with E-state index in [4.69, 9.17) is 0 Å². The van der Waals surface area contributed by atoms with Crippen molar-refractivity contribution in [3.05, 3.63) is 30.1 Å². The van der Waals surface area contributed by atoms with Gasteiger partial charge in [-0.15, -0.1) is 0 Å². The van der Waals surface area contributed by atoms with E-state index in [1.54, 1.807) is 0 Å². The topological polar surface area (TPSA) is 50.2 Å². The standard InChI is InChI=1S/C20H28N4O/c25-20(22-17-6-2-1-3-7-17)16-8-9-19-18(14-16)21-15-24(19)13-12-23-10-4-5-11-23/h8-9,14-15,17H,1-7,10-13H2,(H,22,25). The first-order chi connectivity index (χ1) is 12.3. The summed E-state index contributed by atoms with van der Waals surface area (Å²) in [6, 6.07) is 6.26. The number of carbonyl (C=O) groups is 1. The fraction of sp³-hybridized carbons (Fsp3) is 0.600. The molecule has 2 aromatic rings. The predicted molar refractivity (Wildman–Crippen MR) is 99.7 cm³/mol. The molecule has 0 radical (unpaired) electrons. The zero-order chi connectivity index (χ0) is 17.1. The predicted octanol–water partition coefficient (Wildman–Crippen LogP) is 3.19. The summed E-state index contributed by atoms with van der Waals surface area (Å²) in [6.45, 7) is 4.48. The maximum atomic E-state index is 12.5. The van der Waals surface area contributed by atoms with Gasteiger partial charge in [-0.05, 0) is 57.0 Å². The van der Waals surface area contributed by atoms with Crippen molar-refractivity contribution in [1.29, 1.82) is 0 Å². The van der Waals surface area contributed by atoms with Crippen LogP contribution in [0.15, 0.2) is 24.5 Å². The van der Waals surface area contributed by atoms with Crippen molar-refractivity contribution in [1.82, 2.24) is 19.8 Å². The van der Waals surface area contributed by atoms with Gasteiger partial charge in [-0.25, -0.2) is 4.98 Å². The summed E-state index contributed by atoms with van der Waals surface area (Å²) in [4.78, 5) is 19.5. The number of benzene rings is 1. The molecule has 0 atom stereocenters. The van der Waals surface area contributed by atoms with Gasteiger partial charge in [0.2, 0.25) is 0 Å². The van der Waals surface area contributed by atoms with Crippen molar-refractivity contribution in [2.45, 2.75) is 57.5 Å². The monoisotopic (exact) mass is 340 g/mol. The van der Waals surface area contributed by atoms with Crippen LogP contribution in [0.2, 0.25) is 0 Å². The van der Waals surface area contributed by atoms with Crippen LogP contribution in [0.25, 0.3) is 11.0 Å². The van der Waals surface area contributed by atoms with Gasteiger partial charge in [-0.2, -0.15) is 0 Å². The molecule has 5 nitrogen and oxygen atoms in total. The maximum Gasteiger partial charge on any atom is 0.251 e. The Kier molecular flexibility index (Phi) is 5.02. The zero-order valence-electron chi connectivity index (χ0n) is 14.9. The minimum Gasteiger partial charge on any atom is -0.349 e. The SMILES string of the molecule is O=C(NC1CCCCC1)c1ccc2c(c1)ncn2CCN1CCCC1. The molecule has 1 N–H and O–H groups in total. The molecule has 1 aliphatic carbocycles. The van der Waals surface area contributed by atoms with E-state index in [0.29, 0.717) is 6.04 Å². The summed E-state index contributed by atoms with van der Waals surface area (Å²) in [6.07, 6.45) is 10.5. The zero-order valence-corrected chi connectivity index (χ0v) is 14.9. The molecule has 2 aliphatic rings. The Hall–Kier alpha value is -1.88. The lowest BCUT2D eigenvalue weighted by molar-refractivity contribution is 0.0928. The van der Waals surface area contributed by atoms with Crippen molar-refractivity contribution >= 4 is 16.9 Å². The van der Waals surface area contributed by atoms with Crippen molar-refractivity contribution in [2.75, 3.05) is 19.6 Å². The average Bonchev–Trinajstić information content (AvgIpc) is 3.30. The molecular weight excluding hydrogens is 312 g/mol. The van der Waals surface area contributed by atoms with E-state index in [-0.39, 0.29) is 5.91 Å². The Labute approximate surface area is 149 Å². The summed E-state index contributed by atoms with van der Waals surface area (Å²) in [7, 11) is 0. The Balaban J connectivity index is 1.42. The van der Waals surface area contributed by atoms with E-state index >= 15 is 0 Å². The number of rotatable bonds is 5. The molecule has 2 fully saturated rings. The highest BCUT2D eigenvalue weighted by Crippen LogP contribution is 2.19. The van der Waals surface area contributed by atoms with Gasteiger partial charge in [0.25, 0.3) is 5.91 Å². The summed E-state index contributed by atoms with van der Waals surface area (Å²) in [5.41, 5.74) is 2.76. The minimum atomic E-state index is 0.0421. The second-order valence-corrected chi connectivity index (χ2v) is 7.50. The number of hydrogen-bond donors (Lipinski definition) is 1. The lowest BCUT2D eigenvalue weighted by Crippen LogP contribution is -2.36. The van der Waals surface area contributed by atoms with Crippen LogP contribution in [0, 0.1) is 0 Å². The van der Waals surface area contributed by atoms with E-state index in [1.165, 1.54) is 45.2 Å². The van der Waals surface area contributed by atoms with E-state index in [2.05, 4.69) is 19.8 Å². The number of amides is 1. The van der Waals surface area contributed by atoms with Gasteiger partial charge in [0.15, 0.2) is 0 Å². The highest BCUT2D eigenvalue weighted by Gasteiger charge is 2.17. The Bertz CT molecular complexity index is 726. The quantitative estimate of drug-likeness (QED) is 0.909. The minimum absolute atomic E-state index is 0.0421. The van der Waals surface area contributed by atoms with Crippen LogP contribution in [0.3, 0.4) is 0 Å². The third-order valence-electron chi connectivity index (χ3n) is 5.68. The number of carbonyl (C=O) groups excluding carboxylic acids is 1. The third kappa shape index (κ3) is 3.87. The largest absolute Gasteiger partial charge is 0.349 e. The number of nitrogens with one attached hydrogen (secondary N) is 1. The second-order valence-electron chi connectivity index (χ2n) is 7.50. The van der Waals surface area contributed by atoms with Crippen LogP contribution in [-0.4, -0.2) is 46.0 Å². The van der Waals surface area contributed by atoms with Crippen LogP contribution in [0.4, 0.5) is 0 Å². The Morgan fingerprint density at radius 3 is 2.68 bits per heavy atom. The van der Waals surface area contributed by atoms with Crippen LogP contribution in [-0.2, 0) is 6.54 Å². The summed E-state index contributed by atoms with van der Waals surface area (Å²) in [5, 5.41) is 3.19. The van der Waals surface area contributed by atoms with Gasteiger partial charge in [0.05, 0.1) is 17.4 Å². The van der Waals surface area contributed by atoms with Gasteiger partial charge >= 0.3 is 0 Å². The molecule has 134 valence electrons. The Morgan fingerprint density at radius 1 is 1.08 bits per heavy atom. The lowest BCUT2D eigenvalue weighted by Gasteiger charge is -2.22. The maximum absolute atomic E-state index is 12.5. The van der Waals surface area contributed by atoms with Crippen LogP contribution < -0.4 is 5.32 Å². The van der Waals surface area contributed by atoms with Crippen molar-refractivity contribution in [2.24, 2.45) is 0 Å². The normalized spacial score (nSPS) is 19.5. The molecule has 1 aromatic carbocycles. The van der Waals surface area contributed by atoms with Crippen LogP contribution in [0.5, 0.6) is 0 Å². The molecule has 1 saturated heterocycles. The fourth-order valence-electron chi connectivity index (χ4n) is 4.15. The van der Waals surface area contributed by atoms with Crippen LogP contribution in [0.1, 0.15) is 55.3 Å². The lowest BCUT2D eigenvalue weighted by atomic mass is 9.95. The third-order valence-corrected chi connectivity index (χ3v) is 5.68. The molecule has 0 bridgehead atoms. The van der Waals surface area contributed by atoms with E-state index in [0.717, 1.165) is 42.5 Å².